The molecule has 0 amide bonds. The molecule has 0 saturated heterocycles. The van der Waals surface area contributed by atoms with Gasteiger partial charge in [0.2, 0.25) is 0 Å². The Labute approximate surface area is 71.1 Å². The van der Waals surface area contributed by atoms with Crippen LogP contribution in [0.1, 0.15) is 0 Å². The van der Waals surface area contributed by atoms with Crippen molar-refractivity contribution >= 4 is 24.0 Å². The van der Waals surface area contributed by atoms with Crippen molar-refractivity contribution in [2.24, 2.45) is 7.05 Å². The highest BCUT2D eigenvalue weighted by Crippen LogP contribution is 1.73. The molecule has 0 aromatic carbocycles. The largest absolute Gasteiger partial charge is 0.337 e. The summed E-state index contributed by atoms with van der Waals surface area (Å²) in [5, 5.41) is 7.18. The Morgan fingerprint density at radius 2 is 2.11 bits per heavy atom. The molecule has 0 fully saturated rings. The number of pyridine rings is 1. The summed E-state index contributed by atoms with van der Waals surface area (Å²) in [6.45, 7) is 0. The van der Waals surface area contributed by atoms with E-state index in [1.165, 1.54) is 0 Å². The number of nitrogens with zero attached hydrogens (tertiary/aromatic N) is 1. The van der Waals surface area contributed by atoms with E-state index in [0.717, 1.165) is 0 Å². The smallest absolute Gasteiger partial charge is 0.124 e. The molecule has 0 aliphatic carbocycles. The Kier molecular flexibility index (Phi) is 3.53. The van der Waals surface area contributed by atoms with Crippen LogP contribution in [0, 0.1) is 5.41 Å². The third-order valence-corrected chi connectivity index (χ3v) is 1.05. The van der Waals surface area contributed by atoms with Crippen molar-refractivity contribution in [2.75, 3.05) is 0 Å². The second kappa shape index (κ2) is 3.66. The van der Waals surface area contributed by atoms with Crippen LogP contribution in [0.25, 0.3) is 0 Å². The predicted molar refractivity (Wildman–Crippen MR) is 46.7 cm³/mol. The average molecular weight is 236 g/mol. The number of aromatic nitrogens is 1. The summed E-state index contributed by atoms with van der Waals surface area (Å²) < 4.78 is 1.75. The van der Waals surface area contributed by atoms with Crippen LogP contribution >= 0.6 is 24.0 Å². The Morgan fingerprint density at radius 1 is 1.44 bits per heavy atom. The molecule has 0 atom stereocenters. The highest BCUT2D eigenvalue weighted by molar-refractivity contribution is 14.0. The minimum Gasteiger partial charge on any atom is -0.337 e. The van der Waals surface area contributed by atoms with Crippen molar-refractivity contribution in [1.29, 1.82) is 5.41 Å². The maximum Gasteiger partial charge on any atom is 0.124 e. The van der Waals surface area contributed by atoms with Gasteiger partial charge in [-0.05, 0) is 12.1 Å². The Bertz CT molecular complexity index is 228. The standard InChI is InChI=1S/C6H8N2.HI/c1-8-5-3-2-4-6(8)7;/h2-5,7H,1H3;1H. The first-order valence-electron chi connectivity index (χ1n) is 2.47. The van der Waals surface area contributed by atoms with Crippen molar-refractivity contribution in [3.8, 4) is 0 Å². The van der Waals surface area contributed by atoms with Crippen LogP contribution in [0.15, 0.2) is 24.4 Å². The lowest BCUT2D eigenvalue weighted by Crippen LogP contribution is -2.12. The highest BCUT2D eigenvalue weighted by Gasteiger charge is 1.75. The zero-order valence-electron chi connectivity index (χ0n) is 5.16. The molecule has 3 heteroatoms. The SMILES string of the molecule is Cn1ccccc1=N.I. The van der Waals surface area contributed by atoms with Gasteiger partial charge in [0.15, 0.2) is 0 Å². The number of hydrogen-bond donors (Lipinski definition) is 1. The second-order valence-electron chi connectivity index (χ2n) is 1.70. The lowest BCUT2D eigenvalue weighted by molar-refractivity contribution is 0.817. The molecule has 0 saturated carbocycles. The molecule has 1 rings (SSSR count). The van der Waals surface area contributed by atoms with Gasteiger partial charge in [0.1, 0.15) is 5.49 Å². The van der Waals surface area contributed by atoms with Gasteiger partial charge >= 0.3 is 0 Å². The maximum atomic E-state index is 7.18. The first-order valence-corrected chi connectivity index (χ1v) is 2.47. The highest BCUT2D eigenvalue weighted by atomic mass is 127. The van der Waals surface area contributed by atoms with Crippen LogP contribution in [0.5, 0.6) is 0 Å². The van der Waals surface area contributed by atoms with E-state index in [1.54, 1.807) is 10.6 Å². The van der Waals surface area contributed by atoms with Gasteiger partial charge in [0.05, 0.1) is 0 Å². The molecule has 0 aliphatic rings. The van der Waals surface area contributed by atoms with Gasteiger partial charge in [-0.2, -0.15) is 0 Å². The molecule has 0 spiro atoms. The zero-order valence-corrected chi connectivity index (χ0v) is 7.50. The summed E-state index contributed by atoms with van der Waals surface area (Å²) >= 11 is 0. The van der Waals surface area contributed by atoms with E-state index in [1.807, 2.05) is 25.4 Å². The topological polar surface area (TPSA) is 28.8 Å². The Hall–Kier alpha value is -0.320. The van der Waals surface area contributed by atoms with E-state index < -0.39 is 0 Å². The fourth-order valence-electron chi connectivity index (χ4n) is 0.523. The molecule has 1 aromatic rings. The van der Waals surface area contributed by atoms with Crippen molar-refractivity contribution in [3.05, 3.63) is 29.9 Å². The minimum absolute atomic E-state index is 0. The molecule has 1 N–H and O–H groups in total. The maximum absolute atomic E-state index is 7.18. The number of hydrogen-bond acceptors (Lipinski definition) is 1. The van der Waals surface area contributed by atoms with Crippen LogP contribution in [0.3, 0.4) is 0 Å². The molecule has 0 aliphatic heterocycles. The quantitative estimate of drug-likeness (QED) is 0.654. The van der Waals surface area contributed by atoms with Gasteiger partial charge in [0, 0.05) is 13.2 Å². The zero-order chi connectivity index (χ0) is 5.98. The van der Waals surface area contributed by atoms with E-state index in [4.69, 9.17) is 5.41 Å². The van der Waals surface area contributed by atoms with Crippen molar-refractivity contribution in [3.63, 3.8) is 0 Å². The van der Waals surface area contributed by atoms with E-state index in [9.17, 15) is 0 Å². The van der Waals surface area contributed by atoms with Gasteiger partial charge < -0.3 is 4.57 Å². The Balaban J connectivity index is 0.000000640. The van der Waals surface area contributed by atoms with Gasteiger partial charge in [-0.15, -0.1) is 24.0 Å². The van der Waals surface area contributed by atoms with Crippen molar-refractivity contribution in [2.45, 2.75) is 0 Å². The predicted octanol–water partition coefficient (Wildman–Crippen LogP) is 1.12. The third-order valence-electron chi connectivity index (χ3n) is 1.05. The lowest BCUT2D eigenvalue weighted by atomic mass is 10.5. The Morgan fingerprint density at radius 3 is 2.44 bits per heavy atom. The second-order valence-corrected chi connectivity index (χ2v) is 1.70. The molecule has 9 heavy (non-hydrogen) atoms. The van der Waals surface area contributed by atoms with Crippen LogP contribution in [0.4, 0.5) is 0 Å². The fraction of sp³-hybridized carbons (Fsp3) is 0.167. The summed E-state index contributed by atoms with van der Waals surface area (Å²) in [5.74, 6) is 0. The van der Waals surface area contributed by atoms with E-state index >= 15 is 0 Å². The normalized spacial score (nSPS) is 8.11. The third kappa shape index (κ3) is 2.17. The van der Waals surface area contributed by atoms with E-state index in [0.29, 0.717) is 5.49 Å². The number of halogens is 1. The average Bonchev–Trinajstić information content (AvgIpc) is 1.77. The number of aryl methyl sites for hydroxylation is 1. The summed E-state index contributed by atoms with van der Waals surface area (Å²) in [7, 11) is 1.85. The summed E-state index contributed by atoms with van der Waals surface area (Å²) in [5.41, 5.74) is 0.535. The fourth-order valence-corrected chi connectivity index (χ4v) is 0.523. The first-order chi connectivity index (χ1) is 3.80. The number of nitrogens with one attached hydrogen (secondary N) is 1. The molecule has 0 unspecified atom stereocenters. The number of rotatable bonds is 0. The molecule has 50 valence electrons. The van der Waals surface area contributed by atoms with Crippen LogP contribution in [-0.2, 0) is 7.05 Å². The van der Waals surface area contributed by atoms with Crippen LogP contribution in [-0.4, -0.2) is 4.57 Å². The monoisotopic (exact) mass is 236 g/mol. The van der Waals surface area contributed by atoms with Gasteiger partial charge in [-0.3, -0.25) is 5.41 Å². The van der Waals surface area contributed by atoms with Crippen molar-refractivity contribution < 1.29 is 0 Å². The molecule has 0 radical (unpaired) electrons. The van der Waals surface area contributed by atoms with Crippen molar-refractivity contribution in [1.82, 2.24) is 4.57 Å². The first kappa shape index (κ1) is 8.68. The summed E-state index contributed by atoms with van der Waals surface area (Å²) in [4.78, 5) is 0. The van der Waals surface area contributed by atoms with Gasteiger partial charge in [-0.25, -0.2) is 0 Å². The van der Waals surface area contributed by atoms with Gasteiger partial charge in [-0.1, -0.05) is 6.07 Å². The molecule has 0 bridgehead atoms. The lowest BCUT2D eigenvalue weighted by Gasteiger charge is -1.92. The summed E-state index contributed by atoms with van der Waals surface area (Å²) in [6, 6.07) is 5.50. The molecular formula is C6H9IN2. The molecule has 2 nitrogen and oxygen atoms in total. The molecule has 1 aromatic heterocycles. The van der Waals surface area contributed by atoms with Gasteiger partial charge in [0.25, 0.3) is 0 Å². The molecular weight excluding hydrogens is 227 g/mol. The van der Waals surface area contributed by atoms with E-state index in [-0.39, 0.29) is 24.0 Å². The van der Waals surface area contributed by atoms with Crippen LogP contribution in [0.2, 0.25) is 0 Å². The van der Waals surface area contributed by atoms with E-state index in [2.05, 4.69) is 0 Å². The minimum atomic E-state index is 0. The van der Waals surface area contributed by atoms with Crippen LogP contribution < -0.4 is 5.49 Å². The molecule has 1 heterocycles. The summed E-state index contributed by atoms with van der Waals surface area (Å²) in [6.07, 6.45) is 1.85.